The van der Waals surface area contributed by atoms with E-state index < -0.39 is 0 Å². The number of hydrogen-bond acceptors (Lipinski definition) is 2. The first-order chi connectivity index (χ1) is 5.74. The van der Waals surface area contributed by atoms with Gasteiger partial charge in [0.25, 0.3) is 0 Å². The molecule has 0 spiro atoms. The molecule has 1 heterocycles. The molecule has 0 fully saturated rings. The Morgan fingerprint density at radius 1 is 1.58 bits per heavy atom. The summed E-state index contributed by atoms with van der Waals surface area (Å²) in [6.45, 7) is 1.87. The molecule has 0 aliphatic rings. The van der Waals surface area contributed by atoms with Gasteiger partial charge in [0.2, 0.25) is 0 Å². The summed E-state index contributed by atoms with van der Waals surface area (Å²) in [6, 6.07) is 3.57. The van der Waals surface area contributed by atoms with E-state index in [-0.39, 0.29) is 0 Å². The summed E-state index contributed by atoms with van der Waals surface area (Å²) in [7, 11) is 0. The van der Waals surface area contributed by atoms with Gasteiger partial charge in [-0.3, -0.25) is 0 Å². The van der Waals surface area contributed by atoms with Crippen molar-refractivity contribution < 1.29 is 0 Å². The third-order valence-corrected chi connectivity index (χ3v) is 1.53. The van der Waals surface area contributed by atoms with Crippen LogP contribution in [0.5, 0.6) is 0 Å². The maximum Gasteiger partial charge on any atom is 0.123 e. The maximum atomic E-state index is 5.47. The fourth-order valence-corrected chi connectivity index (χ4v) is 0.908. The average Bonchev–Trinajstić information content (AvgIpc) is 2.03. The van der Waals surface area contributed by atoms with Crippen molar-refractivity contribution in [3.05, 3.63) is 23.4 Å². The summed E-state index contributed by atoms with van der Waals surface area (Å²) in [6.07, 6.45) is 0. The van der Waals surface area contributed by atoms with E-state index in [1.165, 1.54) is 0 Å². The quantitative estimate of drug-likeness (QED) is 0.486. The molecule has 1 rings (SSSR count). The van der Waals surface area contributed by atoms with Crippen LogP contribution in [0.25, 0.3) is 0 Å². The number of hydrogen-bond donors (Lipinski definition) is 1. The van der Waals surface area contributed by atoms with E-state index >= 15 is 0 Å². The summed E-state index contributed by atoms with van der Waals surface area (Å²) < 4.78 is 0. The first-order valence-electron chi connectivity index (χ1n) is 3.52. The van der Waals surface area contributed by atoms with Crippen LogP contribution in [0, 0.1) is 18.8 Å². The fourth-order valence-electron chi connectivity index (χ4n) is 0.841. The number of anilines is 1. The van der Waals surface area contributed by atoms with Crippen LogP contribution in [0.15, 0.2) is 12.1 Å². The number of aromatic nitrogens is 1. The molecule has 0 saturated carbocycles. The topological polar surface area (TPSA) is 38.9 Å². The Kier molecular flexibility index (Phi) is 2.95. The Morgan fingerprint density at radius 3 is 2.92 bits per heavy atom. The largest absolute Gasteiger partial charge is 0.384 e. The van der Waals surface area contributed by atoms with E-state index in [0.29, 0.717) is 11.7 Å². The third kappa shape index (κ3) is 2.14. The Hall–Kier alpha value is -1.20. The molecule has 1 aromatic rings. The molecule has 3 heteroatoms. The van der Waals surface area contributed by atoms with E-state index in [0.717, 1.165) is 11.3 Å². The highest BCUT2D eigenvalue weighted by atomic mass is 35.5. The Bertz CT molecular complexity index is 336. The number of rotatable bonds is 0. The number of nitrogens with zero attached hydrogens (tertiary/aromatic N) is 1. The van der Waals surface area contributed by atoms with Crippen molar-refractivity contribution in [3.63, 3.8) is 0 Å². The molecule has 62 valence electrons. The zero-order valence-corrected chi connectivity index (χ0v) is 7.52. The van der Waals surface area contributed by atoms with Crippen molar-refractivity contribution in [2.45, 2.75) is 6.92 Å². The zero-order chi connectivity index (χ0) is 8.97. The molecule has 0 aliphatic carbocycles. The van der Waals surface area contributed by atoms with Gasteiger partial charge in [0.1, 0.15) is 5.82 Å². The van der Waals surface area contributed by atoms with Crippen LogP contribution in [0.1, 0.15) is 11.3 Å². The van der Waals surface area contributed by atoms with E-state index in [1.54, 1.807) is 6.07 Å². The van der Waals surface area contributed by atoms with Gasteiger partial charge in [0.05, 0.1) is 11.6 Å². The number of alkyl halides is 1. The molecule has 2 N–H and O–H groups in total. The molecule has 0 aliphatic heterocycles. The van der Waals surface area contributed by atoms with Gasteiger partial charge in [-0.15, -0.1) is 11.6 Å². The second kappa shape index (κ2) is 3.99. The van der Waals surface area contributed by atoms with Crippen molar-refractivity contribution in [1.82, 2.24) is 4.98 Å². The summed E-state index contributed by atoms with van der Waals surface area (Å²) in [5.74, 6) is 6.50. The van der Waals surface area contributed by atoms with Crippen molar-refractivity contribution in [2.24, 2.45) is 0 Å². The fraction of sp³-hybridized carbons (Fsp3) is 0.222. The lowest BCUT2D eigenvalue weighted by Gasteiger charge is -1.97. The highest BCUT2D eigenvalue weighted by Crippen LogP contribution is 2.05. The molecule has 0 bridgehead atoms. The van der Waals surface area contributed by atoms with Crippen LogP contribution in [-0.2, 0) is 0 Å². The second-order valence-electron chi connectivity index (χ2n) is 2.30. The summed E-state index contributed by atoms with van der Waals surface area (Å²) in [4.78, 5) is 4.06. The predicted octanol–water partition coefficient (Wildman–Crippen LogP) is 1.56. The second-order valence-corrected chi connectivity index (χ2v) is 2.57. The van der Waals surface area contributed by atoms with Crippen molar-refractivity contribution >= 4 is 17.4 Å². The smallest absolute Gasteiger partial charge is 0.123 e. The minimum Gasteiger partial charge on any atom is -0.384 e. The normalized spacial score (nSPS) is 8.83. The molecule has 2 nitrogen and oxygen atoms in total. The zero-order valence-electron chi connectivity index (χ0n) is 6.76. The molecule has 0 radical (unpaired) electrons. The van der Waals surface area contributed by atoms with Crippen LogP contribution < -0.4 is 5.73 Å². The van der Waals surface area contributed by atoms with Crippen LogP contribution in [0.2, 0.25) is 0 Å². The van der Waals surface area contributed by atoms with Gasteiger partial charge in [-0.1, -0.05) is 11.8 Å². The van der Waals surface area contributed by atoms with Crippen molar-refractivity contribution in [3.8, 4) is 11.8 Å². The van der Waals surface area contributed by atoms with Crippen LogP contribution in [0.4, 0.5) is 5.82 Å². The van der Waals surface area contributed by atoms with Gasteiger partial charge in [-0.25, -0.2) is 4.98 Å². The Balaban J connectivity index is 3.01. The van der Waals surface area contributed by atoms with Crippen LogP contribution in [-0.4, -0.2) is 10.9 Å². The predicted molar refractivity (Wildman–Crippen MR) is 51.0 cm³/mol. The highest BCUT2D eigenvalue weighted by molar-refractivity contribution is 6.19. The molecule has 0 atom stereocenters. The number of nitrogens with two attached hydrogens (primary N) is 1. The molecule has 1 aromatic heterocycles. The highest BCUT2D eigenvalue weighted by Gasteiger charge is 1.94. The van der Waals surface area contributed by atoms with Gasteiger partial charge >= 0.3 is 0 Å². The molecule has 0 unspecified atom stereocenters. The first-order valence-corrected chi connectivity index (χ1v) is 4.05. The molecule has 0 amide bonds. The van der Waals surface area contributed by atoms with Gasteiger partial charge in [0.15, 0.2) is 0 Å². The summed E-state index contributed by atoms with van der Waals surface area (Å²) in [5.41, 5.74) is 7.19. The van der Waals surface area contributed by atoms with E-state index in [4.69, 9.17) is 17.3 Å². The van der Waals surface area contributed by atoms with Crippen LogP contribution >= 0.6 is 11.6 Å². The van der Waals surface area contributed by atoms with E-state index in [2.05, 4.69) is 16.8 Å². The van der Waals surface area contributed by atoms with Crippen molar-refractivity contribution in [1.29, 1.82) is 0 Å². The lowest BCUT2D eigenvalue weighted by molar-refractivity contribution is 1.20. The van der Waals surface area contributed by atoms with Gasteiger partial charge < -0.3 is 5.73 Å². The molecular formula is C9H9ClN2. The SMILES string of the molecule is Cc1nc(N)ccc1C#CCCl. The molecule has 0 saturated heterocycles. The Morgan fingerprint density at radius 2 is 2.33 bits per heavy atom. The average molecular weight is 181 g/mol. The number of pyridine rings is 1. The van der Waals surface area contributed by atoms with E-state index in [1.807, 2.05) is 13.0 Å². The summed E-state index contributed by atoms with van der Waals surface area (Å²) in [5, 5.41) is 0. The molecule has 0 aromatic carbocycles. The molecular weight excluding hydrogens is 172 g/mol. The molecule has 12 heavy (non-hydrogen) atoms. The minimum atomic E-state index is 0.337. The van der Waals surface area contributed by atoms with Gasteiger partial charge in [-0.05, 0) is 19.1 Å². The minimum absolute atomic E-state index is 0.337. The monoisotopic (exact) mass is 180 g/mol. The van der Waals surface area contributed by atoms with E-state index in [9.17, 15) is 0 Å². The third-order valence-electron chi connectivity index (χ3n) is 1.40. The van der Waals surface area contributed by atoms with Crippen molar-refractivity contribution in [2.75, 3.05) is 11.6 Å². The number of nitrogen functional groups attached to an aromatic ring is 1. The lowest BCUT2D eigenvalue weighted by Crippen LogP contribution is -1.94. The maximum absolute atomic E-state index is 5.47. The lowest BCUT2D eigenvalue weighted by atomic mass is 10.2. The van der Waals surface area contributed by atoms with Crippen LogP contribution in [0.3, 0.4) is 0 Å². The van der Waals surface area contributed by atoms with Gasteiger partial charge in [-0.2, -0.15) is 0 Å². The number of aryl methyl sites for hydroxylation is 1. The first kappa shape index (κ1) is 8.89. The Labute approximate surface area is 76.8 Å². The van der Waals surface area contributed by atoms with Gasteiger partial charge in [0, 0.05) is 5.56 Å². The number of halogens is 1. The summed E-state index contributed by atoms with van der Waals surface area (Å²) >= 11 is 5.42. The standard InChI is InChI=1S/C9H9ClN2/c1-7-8(3-2-6-10)4-5-9(11)12-7/h4-5H,6H2,1H3,(H2,11,12).